The standard InChI is InChI=1S/C38H31Cl2N3O5/c1-41(2)26-13-15-27(16-14-26)43-34(35(38(43)46)48-32-19-12-25(39)22-31(32)40)24-10-17-28(18-11-24)47-21-5-20-42-36(44)29-8-3-6-23-7-4-9-30(33(23)29)37(42)45/h3-4,6-19,22,34-35H,5,20-21H2,1-2H3. The second kappa shape index (κ2) is 12.9. The molecule has 0 N–H and O–H groups in total. The van der Waals surface area contributed by atoms with Gasteiger partial charge in [0, 0.05) is 53.6 Å². The Balaban J connectivity index is 1.04. The predicted octanol–water partition coefficient (Wildman–Crippen LogP) is 7.81. The average Bonchev–Trinajstić information content (AvgIpc) is 3.09. The monoisotopic (exact) mass is 679 g/mol. The van der Waals surface area contributed by atoms with E-state index in [1.807, 2.05) is 91.8 Å². The molecule has 0 saturated carbocycles. The first-order chi connectivity index (χ1) is 23.2. The number of rotatable bonds is 10. The summed E-state index contributed by atoms with van der Waals surface area (Å²) in [4.78, 5) is 44.9. The summed E-state index contributed by atoms with van der Waals surface area (Å²) in [6, 6.07) is 30.7. The number of nitrogens with zero attached hydrogens (tertiary/aromatic N) is 3. The molecule has 2 heterocycles. The van der Waals surface area contributed by atoms with Crippen molar-refractivity contribution in [2.75, 3.05) is 37.0 Å². The summed E-state index contributed by atoms with van der Waals surface area (Å²) in [7, 11) is 3.92. The lowest BCUT2D eigenvalue weighted by Crippen LogP contribution is -2.61. The Labute approximate surface area is 288 Å². The van der Waals surface area contributed by atoms with Gasteiger partial charge in [-0.1, -0.05) is 59.6 Å². The summed E-state index contributed by atoms with van der Waals surface area (Å²) < 4.78 is 12.2. The van der Waals surface area contributed by atoms with Gasteiger partial charge < -0.3 is 14.4 Å². The lowest BCUT2D eigenvalue weighted by molar-refractivity contribution is -0.135. The van der Waals surface area contributed by atoms with Gasteiger partial charge in [-0.25, -0.2) is 0 Å². The number of β-lactam (4-membered cyclic amide) rings is 1. The van der Waals surface area contributed by atoms with E-state index in [4.69, 9.17) is 32.7 Å². The minimum Gasteiger partial charge on any atom is -0.494 e. The van der Waals surface area contributed by atoms with Gasteiger partial charge in [-0.3, -0.25) is 24.2 Å². The van der Waals surface area contributed by atoms with Crippen molar-refractivity contribution in [3.05, 3.63) is 130 Å². The number of amides is 3. The maximum Gasteiger partial charge on any atom is 0.271 e. The molecule has 242 valence electrons. The van der Waals surface area contributed by atoms with Crippen molar-refractivity contribution in [2.24, 2.45) is 0 Å². The van der Waals surface area contributed by atoms with Gasteiger partial charge in [0.1, 0.15) is 17.5 Å². The fourth-order valence-electron chi connectivity index (χ4n) is 6.27. The first-order valence-electron chi connectivity index (χ1n) is 15.5. The minimum absolute atomic E-state index is 0.190. The average molecular weight is 681 g/mol. The number of imide groups is 1. The molecule has 5 aromatic carbocycles. The Hall–Kier alpha value is -5.05. The van der Waals surface area contributed by atoms with Crippen molar-refractivity contribution in [3.8, 4) is 11.5 Å². The van der Waals surface area contributed by atoms with Crippen molar-refractivity contribution in [2.45, 2.75) is 18.6 Å². The van der Waals surface area contributed by atoms with Crippen LogP contribution in [-0.4, -0.2) is 56.0 Å². The molecule has 7 rings (SSSR count). The van der Waals surface area contributed by atoms with Crippen molar-refractivity contribution < 1.29 is 23.9 Å². The topological polar surface area (TPSA) is 79.4 Å². The van der Waals surface area contributed by atoms with Crippen molar-refractivity contribution >= 4 is 63.1 Å². The van der Waals surface area contributed by atoms with E-state index in [0.29, 0.717) is 51.1 Å². The molecule has 3 amide bonds. The van der Waals surface area contributed by atoms with Crippen LogP contribution in [0, 0.1) is 0 Å². The molecule has 2 aliphatic rings. The highest BCUT2D eigenvalue weighted by Gasteiger charge is 2.51. The molecule has 2 aliphatic heterocycles. The predicted molar refractivity (Wildman–Crippen MR) is 188 cm³/mol. The zero-order valence-electron chi connectivity index (χ0n) is 26.2. The molecule has 0 spiro atoms. The van der Waals surface area contributed by atoms with Crippen molar-refractivity contribution in [1.29, 1.82) is 0 Å². The smallest absolute Gasteiger partial charge is 0.271 e. The summed E-state index contributed by atoms with van der Waals surface area (Å²) in [5.74, 6) is 0.223. The zero-order chi connectivity index (χ0) is 33.5. The van der Waals surface area contributed by atoms with E-state index in [-0.39, 0.29) is 24.3 Å². The van der Waals surface area contributed by atoms with Gasteiger partial charge in [-0.15, -0.1) is 0 Å². The molecule has 5 aromatic rings. The Morgan fingerprint density at radius 3 is 2.08 bits per heavy atom. The van der Waals surface area contributed by atoms with Gasteiger partial charge in [0.05, 0.1) is 11.6 Å². The van der Waals surface area contributed by atoms with Crippen LogP contribution >= 0.6 is 23.2 Å². The van der Waals surface area contributed by atoms with Crippen LogP contribution in [0.25, 0.3) is 10.8 Å². The number of anilines is 2. The van der Waals surface area contributed by atoms with Gasteiger partial charge in [0.15, 0.2) is 0 Å². The van der Waals surface area contributed by atoms with Gasteiger partial charge >= 0.3 is 0 Å². The molecule has 10 heteroatoms. The number of hydrogen-bond acceptors (Lipinski definition) is 6. The van der Waals surface area contributed by atoms with Crippen LogP contribution in [0.2, 0.25) is 10.0 Å². The highest BCUT2D eigenvalue weighted by molar-refractivity contribution is 6.35. The third-order valence-corrected chi connectivity index (χ3v) is 9.24. The van der Waals surface area contributed by atoms with E-state index >= 15 is 0 Å². The summed E-state index contributed by atoms with van der Waals surface area (Å²) in [6.07, 6.45) is -0.345. The van der Waals surface area contributed by atoms with E-state index in [1.165, 1.54) is 4.90 Å². The van der Waals surface area contributed by atoms with E-state index in [9.17, 15) is 14.4 Å². The molecule has 0 bridgehead atoms. The summed E-state index contributed by atoms with van der Waals surface area (Å²) in [5, 5.41) is 2.38. The molecule has 0 radical (unpaired) electrons. The Bertz CT molecular complexity index is 2000. The molecule has 0 aromatic heterocycles. The highest BCUT2D eigenvalue weighted by Crippen LogP contribution is 2.43. The van der Waals surface area contributed by atoms with E-state index < -0.39 is 12.1 Å². The Morgan fingerprint density at radius 1 is 0.792 bits per heavy atom. The van der Waals surface area contributed by atoms with E-state index in [1.54, 1.807) is 35.2 Å². The fourth-order valence-corrected chi connectivity index (χ4v) is 6.72. The molecule has 1 saturated heterocycles. The fraction of sp³-hybridized carbons (Fsp3) is 0.184. The molecule has 1 fully saturated rings. The van der Waals surface area contributed by atoms with Crippen LogP contribution < -0.4 is 19.3 Å². The Kier molecular flexibility index (Phi) is 8.45. The Morgan fingerprint density at radius 2 is 1.46 bits per heavy atom. The third-order valence-electron chi connectivity index (χ3n) is 8.71. The minimum atomic E-state index is -0.806. The summed E-state index contributed by atoms with van der Waals surface area (Å²) in [5.41, 5.74) is 3.69. The lowest BCUT2D eigenvalue weighted by atomic mass is 9.89. The number of carbonyl (C=O) groups is 3. The SMILES string of the molecule is CN(C)c1ccc(N2C(=O)C(Oc3ccc(Cl)cc3Cl)C2c2ccc(OCCCN3C(=O)c4cccc5cccc(c45)C3=O)cc2)cc1. The number of halogens is 2. The summed E-state index contributed by atoms with van der Waals surface area (Å²) >= 11 is 12.5. The van der Waals surface area contributed by atoms with Crippen LogP contribution in [0.4, 0.5) is 11.4 Å². The lowest BCUT2D eigenvalue weighted by Gasteiger charge is -2.46. The largest absolute Gasteiger partial charge is 0.494 e. The molecule has 2 unspecified atom stereocenters. The number of ether oxygens (including phenoxy) is 2. The van der Waals surface area contributed by atoms with Crippen LogP contribution in [0.5, 0.6) is 11.5 Å². The molecule has 0 aliphatic carbocycles. The molecule has 2 atom stereocenters. The van der Waals surface area contributed by atoms with Gasteiger partial charge in [0.25, 0.3) is 17.7 Å². The first kappa shape index (κ1) is 31.5. The quantitative estimate of drug-likeness (QED) is 0.0851. The highest BCUT2D eigenvalue weighted by atomic mass is 35.5. The molecule has 8 nitrogen and oxygen atoms in total. The number of carbonyl (C=O) groups excluding carboxylic acids is 3. The van der Waals surface area contributed by atoms with E-state index in [2.05, 4.69) is 0 Å². The van der Waals surface area contributed by atoms with Gasteiger partial charge in [0.2, 0.25) is 6.10 Å². The van der Waals surface area contributed by atoms with Crippen LogP contribution in [0.1, 0.15) is 38.7 Å². The molecular weight excluding hydrogens is 649 g/mol. The molecule has 48 heavy (non-hydrogen) atoms. The maximum absolute atomic E-state index is 13.5. The second-order valence-corrected chi connectivity index (χ2v) is 12.8. The first-order valence-corrected chi connectivity index (χ1v) is 16.3. The number of benzene rings is 5. The van der Waals surface area contributed by atoms with Crippen LogP contribution in [-0.2, 0) is 4.79 Å². The maximum atomic E-state index is 13.5. The zero-order valence-corrected chi connectivity index (χ0v) is 27.7. The summed E-state index contributed by atoms with van der Waals surface area (Å²) in [6.45, 7) is 0.536. The molecular formula is C38H31Cl2N3O5. The van der Waals surface area contributed by atoms with Crippen LogP contribution in [0.15, 0.2) is 103 Å². The normalized spacial score (nSPS) is 17.0. The van der Waals surface area contributed by atoms with E-state index in [0.717, 1.165) is 22.3 Å². The third kappa shape index (κ3) is 5.71. The van der Waals surface area contributed by atoms with Crippen molar-refractivity contribution in [3.63, 3.8) is 0 Å². The van der Waals surface area contributed by atoms with Crippen LogP contribution in [0.3, 0.4) is 0 Å². The second-order valence-electron chi connectivity index (χ2n) is 11.9. The van der Waals surface area contributed by atoms with Crippen molar-refractivity contribution in [1.82, 2.24) is 4.90 Å². The van der Waals surface area contributed by atoms with Gasteiger partial charge in [-0.2, -0.15) is 0 Å². The van der Waals surface area contributed by atoms with Gasteiger partial charge in [-0.05, 0) is 84.1 Å². The number of hydrogen-bond donors (Lipinski definition) is 0.